The Bertz CT molecular complexity index is 1020. The second-order valence-corrected chi connectivity index (χ2v) is 7.86. The molecule has 0 aliphatic carbocycles. The average Bonchev–Trinajstić information content (AvgIpc) is 2.75. The Morgan fingerprint density at radius 2 is 1.81 bits per heavy atom. The quantitative estimate of drug-likeness (QED) is 0.564. The molecule has 1 aliphatic rings. The third-order valence-electron chi connectivity index (χ3n) is 5.07. The molecule has 9 heteroatoms. The molecule has 3 rings (SSSR count). The average molecular weight is 424 g/mol. The van der Waals surface area contributed by atoms with Crippen molar-refractivity contribution in [1.82, 2.24) is 15.8 Å². The first kappa shape index (κ1) is 21.9. The molecule has 2 aromatic rings. The van der Waals surface area contributed by atoms with Crippen molar-refractivity contribution in [3.63, 3.8) is 0 Å². The van der Waals surface area contributed by atoms with Crippen LogP contribution in [0.15, 0.2) is 48.5 Å². The molecule has 1 atom stereocenters. The lowest BCUT2D eigenvalue weighted by Gasteiger charge is -2.36. The van der Waals surface area contributed by atoms with Gasteiger partial charge in [-0.25, -0.2) is 0 Å². The summed E-state index contributed by atoms with van der Waals surface area (Å²) in [5, 5.41) is 10.9. The summed E-state index contributed by atoms with van der Waals surface area (Å²) < 4.78 is 0. The maximum atomic E-state index is 12.9. The van der Waals surface area contributed by atoms with Gasteiger partial charge >= 0.3 is 0 Å². The third kappa shape index (κ3) is 5.25. The first-order valence-electron chi connectivity index (χ1n) is 9.97. The van der Waals surface area contributed by atoms with Crippen LogP contribution in [-0.2, 0) is 22.6 Å². The second kappa shape index (κ2) is 9.38. The van der Waals surface area contributed by atoms with E-state index >= 15 is 0 Å². The molecular weight excluding hydrogens is 400 g/mol. The molecule has 2 aromatic carbocycles. The number of nitrogens with zero attached hydrogens (tertiary/aromatic N) is 2. The molecule has 31 heavy (non-hydrogen) atoms. The number of fused-ring (bicyclic) bond motifs is 1. The van der Waals surface area contributed by atoms with Gasteiger partial charge in [0.1, 0.15) is 6.04 Å². The zero-order valence-corrected chi connectivity index (χ0v) is 17.3. The van der Waals surface area contributed by atoms with Crippen molar-refractivity contribution >= 4 is 23.4 Å². The van der Waals surface area contributed by atoms with Crippen molar-refractivity contribution < 1.29 is 19.3 Å². The fraction of sp³-hybridized carbons (Fsp3) is 0.318. The first-order chi connectivity index (χ1) is 14.8. The van der Waals surface area contributed by atoms with Crippen LogP contribution in [0, 0.1) is 16.0 Å². The summed E-state index contributed by atoms with van der Waals surface area (Å²) in [6.45, 7) is 4.19. The van der Waals surface area contributed by atoms with E-state index in [0.29, 0.717) is 19.4 Å². The Hall–Kier alpha value is -3.75. The molecule has 3 amide bonds. The third-order valence-corrected chi connectivity index (χ3v) is 5.07. The zero-order valence-electron chi connectivity index (χ0n) is 17.3. The molecule has 0 saturated carbocycles. The van der Waals surface area contributed by atoms with Gasteiger partial charge in [0.25, 0.3) is 17.5 Å². The normalized spacial score (nSPS) is 15.2. The summed E-state index contributed by atoms with van der Waals surface area (Å²) in [7, 11) is 0. The standard InChI is InChI=1S/C22H24N4O5/c1-14(2)10-20(27)25-13-17-7-4-3-6-15(17)12-19(25)22(29)24-23-21(28)16-8-5-9-18(11-16)26(30)31/h3-9,11,14,19H,10,12-13H2,1-2H3,(H,23,28)(H,24,29). The van der Waals surface area contributed by atoms with Crippen LogP contribution in [0.5, 0.6) is 0 Å². The van der Waals surface area contributed by atoms with Gasteiger partial charge in [0.2, 0.25) is 5.91 Å². The first-order valence-corrected chi connectivity index (χ1v) is 9.97. The number of nitro groups is 1. The van der Waals surface area contributed by atoms with Crippen molar-refractivity contribution in [2.45, 2.75) is 39.3 Å². The molecule has 1 unspecified atom stereocenters. The Kier molecular flexibility index (Phi) is 6.64. The number of benzene rings is 2. The Labute approximate surface area is 179 Å². The second-order valence-electron chi connectivity index (χ2n) is 7.86. The van der Waals surface area contributed by atoms with E-state index in [2.05, 4.69) is 10.9 Å². The molecule has 0 saturated heterocycles. The monoisotopic (exact) mass is 424 g/mol. The molecule has 162 valence electrons. The number of hydrogen-bond donors (Lipinski definition) is 2. The summed E-state index contributed by atoms with van der Waals surface area (Å²) in [5.41, 5.74) is 6.43. The number of nitro benzene ring substituents is 1. The molecule has 2 N–H and O–H groups in total. The van der Waals surface area contributed by atoms with Crippen LogP contribution < -0.4 is 10.9 Å². The highest BCUT2D eigenvalue weighted by atomic mass is 16.6. The molecule has 0 spiro atoms. The molecule has 1 heterocycles. The summed E-state index contributed by atoms with van der Waals surface area (Å²) in [6.07, 6.45) is 0.643. The maximum Gasteiger partial charge on any atom is 0.270 e. The highest BCUT2D eigenvalue weighted by Gasteiger charge is 2.34. The number of nitrogens with one attached hydrogen (secondary N) is 2. The van der Waals surface area contributed by atoms with E-state index < -0.39 is 22.8 Å². The van der Waals surface area contributed by atoms with Crippen molar-refractivity contribution in [2.75, 3.05) is 0 Å². The zero-order chi connectivity index (χ0) is 22.5. The summed E-state index contributed by atoms with van der Waals surface area (Å²) in [4.78, 5) is 49.8. The molecule has 1 aliphatic heterocycles. The number of non-ortho nitro benzene ring substituents is 1. The molecule has 0 fully saturated rings. The highest BCUT2D eigenvalue weighted by Crippen LogP contribution is 2.25. The largest absolute Gasteiger partial charge is 0.326 e. The maximum absolute atomic E-state index is 12.9. The van der Waals surface area contributed by atoms with Crippen LogP contribution in [0.4, 0.5) is 5.69 Å². The van der Waals surface area contributed by atoms with Crippen molar-refractivity contribution in [3.05, 3.63) is 75.3 Å². The number of rotatable bonds is 5. The number of hydrogen-bond acceptors (Lipinski definition) is 5. The Morgan fingerprint density at radius 3 is 2.48 bits per heavy atom. The van der Waals surface area contributed by atoms with E-state index in [9.17, 15) is 24.5 Å². The fourth-order valence-electron chi connectivity index (χ4n) is 3.52. The van der Waals surface area contributed by atoms with E-state index in [1.807, 2.05) is 38.1 Å². The van der Waals surface area contributed by atoms with E-state index in [4.69, 9.17) is 0 Å². The molecule has 0 radical (unpaired) electrons. The topological polar surface area (TPSA) is 122 Å². The summed E-state index contributed by atoms with van der Waals surface area (Å²) in [6, 6.07) is 12.0. The number of carbonyl (C=O) groups excluding carboxylic acids is 3. The van der Waals surface area contributed by atoms with Gasteiger partial charge in [0, 0.05) is 37.1 Å². The van der Waals surface area contributed by atoms with Gasteiger partial charge in [-0.3, -0.25) is 35.3 Å². The molecule has 9 nitrogen and oxygen atoms in total. The van der Waals surface area contributed by atoms with Crippen LogP contribution in [0.2, 0.25) is 0 Å². The number of amides is 3. The van der Waals surface area contributed by atoms with Crippen molar-refractivity contribution in [2.24, 2.45) is 5.92 Å². The van der Waals surface area contributed by atoms with E-state index in [0.717, 1.165) is 17.2 Å². The van der Waals surface area contributed by atoms with E-state index in [1.54, 1.807) is 0 Å². The molecule has 0 bridgehead atoms. The van der Waals surface area contributed by atoms with Gasteiger partial charge in [0.05, 0.1) is 4.92 Å². The lowest BCUT2D eigenvalue weighted by atomic mass is 9.92. The van der Waals surface area contributed by atoms with Gasteiger partial charge in [-0.1, -0.05) is 44.2 Å². The Morgan fingerprint density at radius 1 is 1.10 bits per heavy atom. The smallest absolute Gasteiger partial charge is 0.270 e. The number of hydrazine groups is 1. The van der Waals surface area contributed by atoms with Crippen LogP contribution in [0.3, 0.4) is 0 Å². The highest BCUT2D eigenvalue weighted by molar-refractivity contribution is 5.97. The van der Waals surface area contributed by atoms with Crippen LogP contribution in [0.25, 0.3) is 0 Å². The van der Waals surface area contributed by atoms with E-state index in [-0.39, 0.29) is 23.1 Å². The number of carbonyl (C=O) groups is 3. The SMILES string of the molecule is CC(C)CC(=O)N1Cc2ccccc2CC1C(=O)NNC(=O)c1cccc([N+](=O)[O-])c1. The predicted molar refractivity (Wildman–Crippen MR) is 113 cm³/mol. The Balaban J connectivity index is 1.73. The minimum Gasteiger partial charge on any atom is -0.326 e. The van der Waals surface area contributed by atoms with E-state index in [1.165, 1.54) is 23.1 Å². The van der Waals surface area contributed by atoms with Crippen molar-refractivity contribution in [3.8, 4) is 0 Å². The summed E-state index contributed by atoms with van der Waals surface area (Å²) in [5.74, 6) is -1.20. The van der Waals surface area contributed by atoms with Gasteiger partial charge in [-0.15, -0.1) is 0 Å². The van der Waals surface area contributed by atoms with Crippen LogP contribution in [0.1, 0.15) is 41.8 Å². The molecule has 0 aromatic heterocycles. The predicted octanol–water partition coefficient (Wildman–Crippen LogP) is 2.36. The summed E-state index contributed by atoms with van der Waals surface area (Å²) >= 11 is 0. The minimum absolute atomic E-state index is 0.0382. The van der Waals surface area contributed by atoms with Crippen molar-refractivity contribution in [1.29, 1.82) is 0 Å². The fourth-order valence-corrected chi connectivity index (χ4v) is 3.52. The lowest BCUT2D eigenvalue weighted by Crippen LogP contribution is -2.56. The lowest BCUT2D eigenvalue weighted by molar-refractivity contribution is -0.384. The molecular formula is C22H24N4O5. The van der Waals surface area contributed by atoms with Gasteiger partial charge < -0.3 is 4.90 Å². The minimum atomic E-state index is -0.772. The van der Waals surface area contributed by atoms with Gasteiger partial charge in [0.15, 0.2) is 0 Å². The van der Waals surface area contributed by atoms with Crippen LogP contribution >= 0.6 is 0 Å². The van der Waals surface area contributed by atoms with Gasteiger partial charge in [-0.05, 0) is 23.1 Å². The van der Waals surface area contributed by atoms with Crippen LogP contribution in [-0.4, -0.2) is 33.6 Å². The van der Waals surface area contributed by atoms with Gasteiger partial charge in [-0.2, -0.15) is 0 Å².